The number of hydrogen-bond donors (Lipinski definition) is 2. The normalized spacial score (nSPS) is 12.8. The predicted molar refractivity (Wildman–Crippen MR) is 119 cm³/mol. The maximum absolute atomic E-state index is 12.7. The molecule has 2 heterocycles. The maximum Gasteiger partial charge on any atom is 0.260 e. The second-order valence-corrected chi connectivity index (χ2v) is 7.98. The molecule has 0 radical (unpaired) electrons. The van der Waals surface area contributed by atoms with Crippen LogP contribution in [0.5, 0.6) is 5.75 Å². The molecule has 6 heteroatoms. The van der Waals surface area contributed by atoms with Gasteiger partial charge in [0.1, 0.15) is 5.75 Å². The van der Waals surface area contributed by atoms with Crippen LogP contribution in [0.1, 0.15) is 28.8 Å². The Balaban J connectivity index is 1.47. The zero-order valence-electron chi connectivity index (χ0n) is 16.5. The molecule has 30 heavy (non-hydrogen) atoms. The SMILES string of the molecule is CC(Oc1ccc(C#N)cc1)C(=O)NCC(c1cccs1)c1c[nH]c2ccccc12. The number of thiophene rings is 1. The Morgan fingerprint density at radius 1 is 1.17 bits per heavy atom. The number of nitrogens with zero attached hydrogens (tertiary/aromatic N) is 1. The maximum atomic E-state index is 12.7. The summed E-state index contributed by atoms with van der Waals surface area (Å²) in [6.45, 7) is 2.20. The van der Waals surface area contributed by atoms with Crippen molar-refractivity contribution < 1.29 is 9.53 Å². The van der Waals surface area contributed by atoms with Crippen molar-refractivity contribution in [1.82, 2.24) is 10.3 Å². The first-order chi connectivity index (χ1) is 14.7. The lowest BCUT2D eigenvalue weighted by molar-refractivity contribution is -0.127. The molecule has 0 aliphatic rings. The van der Waals surface area contributed by atoms with Gasteiger partial charge in [-0.15, -0.1) is 11.3 Å². The highest BCUT2D eigenvalue weighted by atomic mass is 32.1. The average molecular weight is 416 g/mol. The Labute approximate surface area is 178 Å². The monoisotopic (exact) mass is 415 g/mol. The summed E-state index contributed by atoms with van der Waals surface area (Å²) in [5.74, 6) is 0.427. The van der Waals surface area contributed by atoms with Gasteiger partial charge in [-0.1, -0.05) is 24.3 Å². The molecule has 2 aromatic carbocycles. The van der Waals surface area contributed by atoms with Gasteiger partial charge in [0, 0.05) is 34.4 Å². The van der Waals surface area contributed by atoms with Crippen LogP contribution in [0, 0.1) is 11.3 Å². The summed E-state index contributed by atoms with van der Waals surface area (Å²) in [5, 5.41) is 15.1. The fourth-order valence-corrected chi connectivity index (χ4v) is 4.29. The van der Waals surface area contributed by atoms with E-state index in [1.54, 1.807) is 42.5 Å². The number of aromatic nitrogens is 1. The molecule has 0 spiro atoms. The number of carbonyl (C=O) groups is 1. The Bertz CT molecular complexity index is 1170. The Kier molecular flexibility index (Phi) is 5.82. The first-order valence-electron chi connectivity index (χ1n) is 9.69. The van der Waals surface area contributed by atoms with Gasteiger partial charge in [-0.25, -0.2) is 0 Å². The number of ether oxygens (including phenoxy) is 1. The average Bonchev–Trinajstić information content (AvgIpc) is 3.45. The second-order valence-electron chi connectivity index (χ2n) is 7.00. The lowest BCUT2D eigenvalue weighted by Crippen LogP contribution is -2.38. The molecule has 2 aromatic heterocycles. The Hall–Kier alpha value is -3.56. The molecule has 2 unspecified atom stereocenters. The van der Waals surface area contributed by atoms with E-state index in [0.29, 0.717) is 17.9 Å². The van der Waals surface area contributed by atoms with Gasteiger partial charge in [0.2, 0.25) is 0 Å². The minimum absolute atomic E-state index is 0.0483. The molecule has 150 valence electrons. The molecular formula is C24H21N3O2S. The fourth-order valence-electron chi connectivity index (χ4n) is 3.45. The van der Waals surface area contributed by atoms with E-state index < -0.39 is 6.10 Å². The number of amides is 1. The molecule has 0 fully saturated rings. The molecule has 2 N–H and O–H groups in total. The number of carbonyl (C=O) groups excluding carboxylic acids is 1. The van der Waals surface area contributed by atoms with Gasteiger partial charge in [0.25, 0.3) is 5.91 Å². The van der Waals surface area contributed by atoms with E-state index in [4.69, 9.17) is 10.00 Å². The summed E-state index contributed by atoms with van der Waals surface area (Å²) in [5.41, 5.74) is 2.80. The van der Waals surface area contributed by atoms with Gasteiger partial charge in [-0.05, 0) is 54.3 Å². The zero-order valence-corrected chi connectivity index (χ0v) is 17.3. The molecule has 0 saturated carbocycles. The molecule has 0 saturated heterocycles. The number of nitriles is 1. The van der Waals surface area contributed by atoms with Crippen molar-refractivity contribution in [3.63, 3.8) is 0 Å². The first-order valence-corrected chi connectivity index (χ1v) is 10.6. The number of rotatable bonds is 7. The molecule has 0 bridgehead atoms. The highest BCUT2D eigenvalue weighted by Gasteiger charge is 2.22. The molecule has 4 aromatic rings. The quantitative estimate of drug-likeness (QED) is 0.454. The van der Waals surface area contributed by atoms with Crippen LogP contribution in [0.25, 0.3) is 10.9 Å². The number of H-pyrrole nitrogens is 1. The lowest BCUT2D eigenvalue weighted by atomic mass is 9.96. The summed E-state index contributed by atoms with van der Waals surface area (Å²) in [7, 11) is 0. The molecule has 0 aliphatic heterocycles. The standard InChI is InChI=1S/C24H21N3O2S/c1-16(29-18-10-8-17(13-25)9-11-18)24(28)27-15-21(23-7-4-12-30-23)20-14-26-22-6-3-2-5-19(20)22/h2-12,14,16,21,26H,15H2,1H3,(H,27,28). The zero-order chi connectivity index (χ0) is 20.9. The highest BCUT2D eigenvalue weighted by molar-refractivity contribution is 7.10. The minimum atomic E-state index is -0.648. The van der Waals surface area contributed by atoms with Gasteiger partial charge in [0.15, 0.2) is 6.10 Å². The van der Waals surface area contributed by atoms with Crippen LogP contribution in [0.2, 0.25) is 0 Å². The Morgan fingerprint density at radius 3 is 2.70 bits per heavy atom. The summed E-state index contributed by atoms with van der Waals surface area (Å²) < 4.78 is 5.73. The van der Waals surface area contributed by atoms with E-state index >= 15 is 0 Å². The van der Waals surface area contributed by atoms with Crippen molar-refractivity contribution in [2.45, 2.75) is 18.9 Å². The van der Waals surface area contributed by atoms with Crippen molar-refractivity contribution in [3.8, 4) is 11.8 Å². The van der Waals surface area contributed by atoms with Crippen LogP contribution < -0.4 is 10.1 Å². The van der Waals surface area contributed by atoms with Gasteiger partial charge < -0.3 is 15.0 Å². The third kappa shape index (κ3) is 4.22. The molecule has 2 atom stereocenters. The summed E-state index contributed by atoms with van der Waals surface area (Å²) in [6, 6.07) is 21.1. The number of hydrogen-bond acceptors (Lipinski definition) is 4. The lowest BCUT2D eigenvalue weighted by Gasteiger charge is -2.19. The van der Waals surface area contributed by atoms with E-state index in [2.05, 4.69) is 39.9 Å². The predicted octanol–water partition coefficient (Wildman–Crippen LogP) is 4.82. The van der Waals surface area contributed by atoms with E-state index in [1.807, 2.05) is 24.4 Å². The minimum Gasteiger partial charge on any atom is -0.481 e. The number of para-hydroxylation sites is 1. The molecule has 1 amide bonds. The van der Waals surface area contributed by atoms with E-state index in [1.165, 1.54) is 4.88 Å². The molecular weight excluding hydrogens is 394 g/mol. The smallest absolute Gasteiger partial charge is 0.260 e. The van der Waals surface area contributed by atoms with Crippen LogP contribution in [0.4, 0.5) is 0 Å². The van der Waals surface area contributed by atoms with Gasteiger partial charge in [0.05, 0.1) is 11.6 Å². The summed E-state index contributed by atoms with van der Waals surface area (Å²) in [4.78, 5) is 17.2. The van der Waals surface area contributed by atoms with Crippen molar-refractivity contribution in [3.05, 3.63) is 88.2 Å². The van der Waals surface area contributed by atoms with Gasteiger partial charge >= 0.3 is 0 Å². The first kappa shape index (κ1) is 19.7. The van der Waals surface area contributed by atoms with Crippen LogP contribution in [-0.2, 0) is 4.79 Å². The third-order valence-electron chi connectivity index (χ3n) is 5.03. The third-order valence-corrected chi connectivity index (χ3v) is 6.02. The van der Waals surface area contributed by atoms with E-state index in [9.17, 15) is 4.79 Å². The summed E-state index contributed by atoms with van der Waals surface area (Å²) >= 11 is 1.68. The van der Waals surface area contributed by atoms with Crippen molar-refractivity contribution in [2.24, 2.45) is 0 Å². The van der Waals surface area contributed by atoms with Crippen molar-refractivity contribution >= 4 is 28.1 Å². The van der Waals surface area contributed by atoms with Crippen LogP contribution in [-0.4, -0.2) is 23.5 Å². The van der Waals surface area contributed by atoms with E-state index in [0.717, 1.165) is 16.5 Å². The number of benzene rings is 2. The second kappa shape index (κ2) is 8.85. The van der Waals surface area contributed by atoms with Gasteiger partial charge in [-0.2, -0.15) is 5.26 Å². The van der Waals surface area contributed by atoms with Crippen molar-refractivity contribution in [2.75, 3.05) is 6.54 Å². The number of nitrogens with one attached hydrogen (secondary N) is 2. The van der Waals surface area contributed by atoms with E-state index in [-0.39, 0.29) is 11.8 Å². The Morgan fingerprint density at radius 2 is 1.97 bits per heavy atom. The summed E-state index contributed by atoms with van der Waals surface area (Å²) in [6.07, 6.45) is 1.38. The number of fused-ring (bicyclic) bond motifs is 1. The number of aromatic amines is 1. The molecule has 4 rings (SSSR count). The van der Waals surface area contributed by atoms with Crippen LogP contribution in [0.15, 0.2) is 72.2 Å². The fraction of sp³-hybridized carbons (Fsp3) is 0.167. The highest BCUT2D eigenvalue weighted by Crippen LogP contribution is 2.32. The largest absolute Gasteiger partial charge is 0.481 e. The van der Waals surface area contributed by atoms with Crippen LogP contribution >= 0.6 is 11.3 Å². The van der Waals surface area contributed by atoms with Gasteiger partial charge in [-0.3, -0.25) is 4.79 Å². The topological polar surface area (TPSA) is 77.9 Å². The molecule has 5 nitrogen and oxygen atoms in total. The molecule has 0 aliphatic carbocycles. The van der Waals surface area contributed by atoms with Crippen LogP contribution in [0.3, 0.4) is 0 Å². The van der Waals surface area contributed by atoms with Crippen molar-refractivity contribution in [1.29, 1.82) is 5.26 Å².